The summed E-state index contributed by atoms with van der Waals surface area (Å²) in [4.78, 5) is 20.7. The molecule has 2 fully saturated rings. The van der Waals surface area contributed by atoms with Gasteiger partial charge in [0.05, 0.1) is 6.54 Å². The van der Waals surface area contributed by atoms with Gasteiger partial charge in [0, 0.05) is 38.4 Å². The van der Waals surface area contributed by atoms with Crippen LogP contribution in [0, 0.1) is 5.92 Å². The van der Waals surface area contributed by atoms with Gasteiger partial charge in [0.25, 0.3) is 0 Å². The summed E-state index contributed by atoms with van der Waals surface area (Å²) < 4.78 is 5.91. The van der Waals surface area contributed by atoms with Gasteiger partial charge >= 0.3 is 6.03 Å². The van der Waals surface area contributed by atoms with Crippen LogP contribution >= 0.6 is 0 Å². The third kappa shape index (κ3) is 4.60. The summed E-state index contributed by atoms with van der Waals surface area (Å²) in [5.41, 5.74) is 0. The van der Waals surface area contributed by atoms with E-state index in [0.717, 1.165) is 38.3 Å². The monoisotopic (exact) mass is 332 g/mol. The van der Waals surface area contributed by atoms with Crippen LogP contribution in [-0.4, -0.2) is 66.2 Å². The summed E-state index contributed by atoms with van der Waals surface area (Å²) in [5, 5.41) is 3.12. The lowest BCUT2D eigenvalue weighted by atomic mass is 9.98. The van der Waals surface area contributed by atoms with Crippen LogP contribution in [0.3, 0.4) is 0 Å². The van der Waals surface area contributed by atoms with Crippen LogP contribution in [0.15, 0.2) is 24.5 Å². The highest BCUT2D eigenvalue weighted by Gasteiger charge is 2.28. The van der Waals surface area contributed by atoms with Crippen LogP contribution in [0.25, 0.3) is 0 Å². The molecule has 2 amide bonds. The largest absolute Gasteiger partial charge is 0.488 e. The first kappa shape index (κ1) is 17.0. The van der Waals surface area contributed by atoms with Gasteiger partial charge < -0.3 is 19.9 Å². The molecule has 6 heteroatoms. The Morgan fingerprint density at radius 2 is 2.12 bits per heavy atom. The second-order valence-corrected chi connectivity index (χ2v) is 6.75. The van der Waals surface area contributed by atoms with Crippen molar-refractivity contribution in [3.05, 3.63) is 24.5 Å². The van der Waals surface area contributed by atoms with Crippen molar-refractivity contribution in [2.75, 3.05) is 39.3 Å². The lowest BCUT2D eigenvalue weighted by molar-refractivity contribution is 0.169. The van der Waals surface area contributed by atoms with Gasteiger partial charge in [-0.05, 0) is 44.0 Å². The molecule has 2 aliphatic heterocycles. The molecule has 1 aromatic rings. The third-order valence-corrected chi connectivity index (χ3v) is 4.98. The van der Waals surface area contributed by atoms with Crippen molar-refractivity contribution < 1.29 is 9.53 Å². The number of hydrogen-bond donors (Lipinski definition) is 1. The predicted molar refractivity (Wildman–Crippen MR) is 93.1 cm³/mol. The molecule has 2 atom stereocenters. The molecule has 0 radical (unpaired) electrons. The highest BCUT2D eigenvalue weighted by atomic mass is 16.5. The van der Waals surface area contributed by atoms with E-state index >= 15 is 0 Å². The van der Waals surface area contributed by atoms with Crippen LogP contribution in [0.2, 0.25) is 0 Å². The molecule has 0 spiro atoms. The average Bonchev–Trinajstić information content (AvgIpc) is 3.09. The number of urea groups is 1. The quantitative estimate of drug-likeness (QED) is 0.896. The second kappa shape index (κ2) is 8.33. The standard InChI is InChI=1S/C18H28N4O2/c1-2-21-10-3-4-15(13-21)12-20-18(23)22-11-7-17(14-22)24-16-5-8-19-9-6-16/h5-6,8-9,15,17H,2-4,7,10-14H2,1H3,(H,20,23)/t15-,17+/m0/s1. The number of carbonyl (C=O) groups excluding carboxylic acids is 1. The molecule has 0 unspecified atom stereocenters. The normalized spacial score (nSPS) is 24.8. The van der Waals surface area contributed by atoms with Crippen molar-refractivity contribution in [1.82, 2.24) is 20.1 Å². The zero-order valence-electron chi connectivity index (χ0n) is 14.5. The van der Waals surface area contributed by atoms with Crippen molar-refractivity contribution in [2.45, 2.75) is 32.3 Å². The molecule has 0 bridgehead atoms. The Kier molecular flexibility index (Phi) is 5.91. The molecule has 1 N–H and O–H groups in total. The number of nitrogens with zero attached hydrogens (tertiary/aromatic N) is 3. The molecule has 3 rings (SSSR count). The van der Waals surface area contributed by atoms with Gasteiger partial charge in [-0.2, -0.15) is 0 Å². The fraction of sp³-hybridized carbons (Fsp3) is 0.667. The van der Waals surface area contributed by atoms with Crippen molar-refractivity contribution in [3.63, 3.8) is 0 Å². The zero-order chi connectivity index (χ0) is 16.8. The molecule has 2 aliphatic rings. The maximum absolute atomic E-state index is 12.4. The Hall–Kier alpha value is -1.82. The van der Waals surface area contributed by atoms with E-state index in [2.05, 4.69) is 22.1 Å². The fourth-order valence-electron chi connectivity index (χ4n) is 3.57. The molecule has 132 valence electrons. The summed E-state index contributed by atoms with van der Waals surface area (Å²) in [7, 11) is 0. The van der Waals surface area contributed by atoms with Crippen molar-refractivity contribution >= 4 is 6.03 Å². The molecular formula is C18H28N4O2. The third-order valence-electron chi connectivity index (χ3n) is 4.98. The van der Waals surface area contributed by atoms with E-state index in [1.165, 1.54) is 19.4 Å². The summed E-state index contributed by atoms with van der Waals surface area (Å²) >= 11 is 0. The van der Waals surface area contributed by atoms with Crippen LogP contribution in [0.1, 0.15) is 26.2 Å². The number of piperidine rings is 1. The summed E-state index contributed by atoms with van der Waals surface area (Å²) in [6.45, 7) is 7.79. The SMILES string of the molecule is CCN1CCC[C@@H](CNC(=O)N2CC[C@@H](Oc3ccncc3)C2)C1. The Bertz CT molecular complexity index is 525. The van der Waals surface area contributed by atoms with Crippen LogP contribution in [0.4, 0.5) is 4.79 Å². The van der Waals surface area contributed by atoms with Gasteiger partial charge in [-0.1, -0.05) is 6.92 Å². The number of rotatable bonds is 5. The first-order valence-corrected chi connectivity index (χ1v) is 9.06. The minimum absolute atomic E-state index is 0.0458. The first-order chi connectivity index (χ1) is 11.7. The summed E-state index contributed by atoms with van der Waals surface area (Å²) in [6, 6.07) is 3.75. The van der Waals surface area contributed by atoms with E-state index in [1.807, 2.05) is 17.0 Å². The lowest BCUT2D eigenvalue weighted by Crippen LogP contribution is -2.45. The minimum Gasteiger partial charge on any atom is -0.488 e. The van der Waals surface area contributed by atoms with E-state index in [0.29, 0.717) is 12.5 Å². The molecule has 1 aromatic heterocycles. The van der Waals surface area contributed by atoms with Crippen LogP contribution in [-0.2, 0) is 0 Å². The Morgan fingerprint density at radius 3 is 2.92 bits per heavy atom. The highest BCUT2D eigenvalue weighted by Crippen LogP contribution is 2.18. The highest BCUT2D eigenvalue weighted by molar-refractivity contribution is 5.74. The van der Waals surface area contributed by atoms with Crippen molar-refractivity contribution in [3.8, 4) is 5.75 Å². The summed E-state index contributed by atoms with van der Waals surface area (Å²) in [5.74, 6) is 1.40. The number of amides is 2. The van der Waals surface area contributed by atoms with E-state index in [1.54, 1.807) is 12.4 Å². The van der Waals surface area contributed by atoms with E-state index in [9.17, 15) is 4.79 Å². The topological polar surface area (TPSA) is 57.7 Å². The lowest BCUT2D eigenvalue weighted by Gasteiger charge is -2.32. The number of nitrogens with one attached hydrogen (secondary N) is 1. The Morgan fingerprint density at radius 1 is 1.29 bits per heavy atom. The molecule has 2 saturated heterocycles. The van der Waals surface area contributed by atoms with Gasteiger partial charge in [0.2, 0.25) is 0 Å². The molecule has 24 heavy (non-hydrogen) atoms. The average molecular weight is 332 g/mol. The van der Waals surface area contributed by atoms with E-state index in [4.69, 9.17) is 4.74 Å². The van der Waals surface area contributed by atoms with E-state index in [-0.39, 0.29) is 12.1 Å². The van der Waals surface area contributed by atoms with Crippen LogP contribution in [0.5, 0.6) is 5.75 Å². The maximum atomic E-state index is 12.4. The number of ether oxygens (including phenoxy) is 1. The van der Waals surface area contributed by atoms with Gasteiger partial charge in [0.15, 0.2) is 0 Å². The van der Waals surface area contributed by atoms with Gasteiger partial charge in [-0.15, -0.1) is 0 Å². The molecule has 0 aliphatic carbocycles. The number of likely N-dealkylation sites (tertiary alicyclic amines) is 2. The Labute approximate surface area is 144 Å². The number of hydrogen-bond acceptors (Lipinski definition) is 4. The van der Waals surface area contributed by atoms with Gasteiger partial charge in [0.1, 0.15) is 11.9 Å². The number of aromatic nitrogens is 1. The minimum atomic E-state index is 0.0458. The maximum Gasteiger partial charge on any atom is 0.317 e. The van der Waals surface area contributed by atoms with E-state index < -0.39 is 0 Å². The van der Waals surface area contributed by atoms with Gasteiger partial charge in [-0.25, -0.2) is 4.79 Å². The molecule has 3 heterocycles. The Balaban J connectivity index is 1.40. The molecule has 6 nitrogen and oxygen atoms in total. The fourth-order valence-corrected chi connectivity index (χ4v) is 3.57. The second-order valence-electron chi connectivity index (χ2n) is 6.75. The first-order valence-electron chi connectivity index (χ1n) is 9.06. The van der Waals surface area contributed by atoms with Gasteiger partial charge in [-0.3, -0.25) is 4.98 Å². The number of pyridine rings is 1. The molecule has 0 aromatic carbocycles. The predicted octanol–water partition coefficient (Wildman–Crippen LogP) is 1.98. The van der Waals surface area contributed by atoms with Crippen LogP contribution < -0.4 is 10.1 Å². The number of carbonyl (C=O) groups is 1. The summed E-state index contributed by atoms with van der Waals surface area (Å²) in [6.07, 6.45) is 6.84. The van der Waals surface area contributed by atoms with Crippen molar-refractivity contribution in [2.24, 2.45) is 5.92 Å². The smallest absolute Gasteiger partial charge is 0.317 e. The zero-order valence-corrected chi connectivity index (χ0v) is 14.5. The molecular weight excluding hydrogens is 304 g/mol. The van der Waals surface area contributed by atoms with Crippen molar-refractivity contribution in [1.29, 1.82) is 0 Å². The molecule has 0 saturated carbocycles.